The average Bonchev–Trinajstić information content (AvgIpc) is 2.29. The predicted molar refractivity (Wildman–Crippen MR) is 75.6 cm³/mol. The van der Waals surface area contributed by atoms with Crippen LogP contribution in [-0.2, 0) is 4.79 Å². The Bertz CT molecular complexity index is 387. The van der Waals surface area contributed by atoms with Gasteiger partial charge in [-0.1, -0.05) is 72.6 Å². The van der Waals surface area contributed by atoms with Crippen LogP contribution in [0.1, 0.15) is 0 Å². The summed E-state index contributed by atoms with van der Waals surface area (Å²) in [5.74, 6) is 0.0263. The normalized spacial score (nSPS) is 10.9. The van der Waals surface area contributed by atoms with E-state index in [-0.39, 0.29) is 0 Å². The van der Waals surface area contributed by atoms with Gasteiger partial charge in [0.1, 0.15) is 8.98 Å². The molecule has 1 rings (SSSR count). The van der Waals surface area contributed by atoms with Crippen LogP contribution in [0.4, 0.5) is 0 Å². The zero-order valence-corrected chi connectivity index (χ0v) is 13.0. The zero-order valence-electron chi connectivity index (χ0n) is 8.25. The number of carbonyl (C=O) groups excluding carboxylic acids is 1. The van der Waals surface area contributed by atoms with Crippen LogP contribution in [0.2, 0.25) is 0 Å². The molecule has 0 aromatic heterocycles. The number of esters is 1. The van der Waals surface area contributed by atoms with Crippen molar-refractivity contribution in [2.45, 2.75) is 3.23 Å². The molecule has 1 aromatic carbocycles. The molecule has 0 bridgehead atoms. The number of alkyl halides is 3. The lowest BCUT2D eigenvalue weighted by atomic mass is 10.2. The van der Waals surface area contributed by atoms with Gasteiger partial charge in [-0.15, -0.1) is 0 Å². The fourth-order valence-corrected chi connectivity index (χ4v) is 1.55. The second-order valence-electron chi connectivity index (χ2n) is 3.02. The van der Waals surface area contributed by atoms with E-state index < -0.39 is 9.20 Å². The van der Waals surface area contributed by atoms with E-state index in [1.165, 1.54) is 0 Å². The highest BCUT2D eigenvalue weighted by atomic mass is 79.9. The van der Waals surface area contributed by atoms with Crippen molar-refractivity contribution < 1.29 is 9.53 Å². The minimum Gasteiger partial charge on any atom is -0.423 e. The molecule has 0 N–H and O–H groups in total. The maximum absolute atomic E-state index is 11.7. The predicted octanol–water partition coefficient (Wildman–Crippen LogP) is 4.03. The molecule has 5 heteroatoms. The quantitative estimate of drug-likeness (QED) is 0.323. The minimum atomic E-state index is -0.675. The fraction of sp³-hybridized carbons (Fsp3) is 0.182. The summed E-state index contributed by atoms with van der Waals surface area (Å²) < 4.78 is 4.47. The van der Waals surface area contributed by atoms with Gasteiger partial charge in [0, 0.05) is 5.33 Å². The maximum atomic E-state index is 11.7. The van der Waals surface area contributed by atoms with Gasteiger partial charge in [-0.05, 0) is 12.1 Å². The molecule has 0 unspecified atom stereocenters. The molecule has 0 fully saturated rings. The minimum absolute atomic E-state index is 0.299. The molecule has 0 saturated carbocycles. The molecule has 0 aliphatic heterocycles. The summed E-state index contributed by atoms with van der Waals surface area (Å²) in [4.78, 5) is 11.7. The van der Waals surface area contributed by atoms with Crippen LogP contribution in [0.5, 0.6) is 5.75 Å². The Morgan fingerprint density at radius 1 is 1.31 bits per heavy atom. The highest BCUT2D eigenvalue weighted by molar-refractivity contribution is 9.26. The van der Waals surface area contributed by atoms with Crippen molar-refractivity contribution in [1.29, 1.82) is 0 Å². The Morgan fingerprint density at radius 3 is 2.38 bits per heavy atom. The highest BCUT2D eigenvalue weighted by Crippen LogP contribution is 2.36. The molecule has 0 radical (unpaired) electrons. The van der Waals surface area contributed by atoms with Crippen molar-refractivity contribution in [1.82, 2.24) is 0 Å². The number of para-hydroxylation sites is 1. The molecule has 0 spiro atoms. The first-order valence-electron chi connectivity index (χ1n) is 4.38. The third-order valence-electron chi connectivity index (χ3n) is 1.81. The van der Waals surface area contributed by atoms with Gasteiger partial charge in [0.25, 0.3) is 0 Å². The van der Waals surface area contributed by atoms with Gasteiger partial charge in [-0.2, -0.15) is 0 Å². The Kier molecular flexibility index (Phi) is 5.21. The van der Waals surface area contributed by atoms with Crippen LogP contribution >= 0.6 is 47.8 Å². The first-order chi connectivity index (χ1) is 7.47. The van der Waals surface area contributed by atoms with E-state index in [2.05, 4.69) is 54.4 Å². The summed E-state index contributed by atoms with van der Waals surface area (Å²) >= 11 is 9.92. The Morgan fingerprint density at radius 2 is 1.88 bits per heavy atom. The van der Waals surface area contributed by atoms with Crippen LogP contribution in [0, 0.1) is 0 Å². The number of ether oxygens (including phenoxy) is 1. The molecule has 0 aliphatic carbocycles. The summed E-state index contributed by atoms with van der Waals surface area (Å²) in [6, 6.07) is 8.87. The van der Waals surface area contributed by atoms with Gasteiger partial charge in [-0.25, -0.2) is 4.79 Å². The summed E-state index contributed by atoms with van der Waals surface area (Å²) in [7, 11) is 0. The topological polar surface area (TPSA) is 26.3 Å². The summed E-state index contributed by atoms with van der Waals surface area (Å²) in [5, 5.41) is 0.503. The van der Waals surface area contributed by atoms with E-state index in [0.717, 1.165) is 0 Å². The maximum Gasteiger partial charge on any atom is 0.341 e. The average molecular weight is 413 g/mol. The molecule has 0 atom stereocenters. The van der Waals surface area contributed by atoms with Gasteiger partial charge in [-0.3, -0.25) is 0 Å². The van der Waals surface area contributed by atoms with Crippen molar-refractivity contribution in [2.75, 3.05) is 5.33 Å². The molecule has 0 amide bonds. The molecule has 0 saturated heterocycles. The second-order valence-corrected chi connectivity index (χ2v) is 7.35. The molecular weight excluding hydrogens is 404 g/mol. The third kappa shape index (κ3) is 3.71. The molecule has 16 heavy (non-hydrogen) atoms. The van der Waals surface area contributed by atoms with E-state index in [1.807, 2.05) is 6.07 Å². The van der Waals surface area contributed by atoms with E-state index in [0.29, 0.717) is 16.7 Å². The highest BCUT2D eigenvalue weighted by Gasteiger charge is 2.31. The van der Waals surface area contributed by atoms with Gasteiger partial charge in [0.15, 0.2) is 0 Å². The summed E-state index contributed by atoms with van der Waals surface area (Å²) in [5.41, 5.74) is 0.299. The van der Waals surface area contributed by atoms with Crippen molar-refractivity contribution in [2.24, 2.45) is 0 Å². The van der Waals surface area contributed by atoms with Gasteiger partial charge in [0.2, 0.25) is 0 Å². The van der Waals surface area contributed by atoms with Crippen LogP contribution < -0.4 is 4.74 Å². The van der Waals surface area contributed by atoms with Crippen LogP contribution in [-0.4, -0.2) is 14.5 Å². The summed E-state index contributed by atoms with van der Waals surface area (Å²) in [6.07, 6.45) is 0. The van der Waals surface area contributed by atoms with Crippen molar-refractivity contribution >= 4 is 53.8 Å². The van der Waals surface area contributed by atoms with Crippen molar-refractivity contribution in [3.63, 3.8) is 0 Å². The Labute approximate surface area is 119 Å². The van der Waals surface area contributed by atoms with Crippen molar-refractivity contribution in [3.8, 4) is 5.75 Å². The Balaban J connectivity index is 2.71. The number of hydrogen-bond donors (Lipinski definition) is 0. The first-order valence-corrected chi connectivity index (χ1v) is 7.08. The molecule has 86 valence electrons. The van der Waals surface area contributed by atoms with Gasteiger partial charge < -0.3 is 4.74 Å². The molecular formula is C11H9Br3O2. The van der Waals surface area contributed by atoms with E-state index in [4.69, 9.17) is 4.74 Å². The van der Waals surface area contributed by atoms with E-state index in [1.54, 1.807) is 24.3 Å². The molecule has 0 aliphatic rings. The second kappa shape index (κ2) is 5.98. The largest absolute Gasteiger partial charge is 0.423 e. The fourth-order valence-electron chi connectivity index (χ4n) is 0.887. The standard InChI is InChI=1S/C11H9Br3O2/c1-8(11(13,14)7-12)10(15)16-9-5-3-2-4-6-9/h2-6H,1,7H2. The van der Waals surface area contributed by atoms with Crippen molar-refractivity contribution in [3.05, 3.63) is 42.5 Å². The van der Waals surface area contributed by atoms with Gasteiger partial charge >= 0.3 is 5.97 Å². The number of benzene rings is 1. The molecule has 0 heterocycles. The van der Waals surface area contributed by atoms with Crippen LogP contribution in [0.3, 0.4) is 0 Å². The molecule has 1 aromatic rings. The zero-order chi connectivity index (χ0) is 12.2. The third-order valence-corrected chi connectivity index (χ3v) is 5.67. The lowest BCUT2D eigenvalue weighted by molar-refractivity contribution is -0.130. The van der Waals surface area contributed by atoms with Gasteiger partial charge in [0.05, 0.1) is 5.57 Å². The van der Waals surface area contributed by atoms with Crippen LogP contribution in [0.25, 0.3) is 0 Å². The SMILES string of the molecule is C=C(C(=O)Oc1ccccc1)C(Br)(Br)CBr. The lowest BCUT2D eigenvalue weighted by Gasteiger charge is -2.18. The van der Waals surface area contributed by atoms with Crippen LogP contribution in [0.15, 0.2) is 42.5 Å². The molecule has 2 nitrogen and oxygen atoms in total. The number of carbonyl (C=O) groups is 1. The number of hydrogen-bond acceptors (Lipinski definition) is 2. The smallest absolute Gasteiger partial charge is 0.341 e. The lowest BCUT2D eigenvalue weighted by Crippen LogP contribution is -2.25. The van der Waals surface area contributed by atoms with E-state index >= 15 is 0 Å². The monoisotopic (exact) mass is 410 g/mol. The first kappa shape index (κ1) is 13.9. The number of rotatable bonds is 4. The Hall–Kier alpha value is -0.130. The number of halogens is 3. The summed E-state index contributed by atoms with van der Waals surface area (Å²) in [6.45, 7) is 3.70. The van der Waals surface area contributed by atoms with E-state index in [9.17, 15) is 4.79 Å².